The highest BCUT2D eigenvalue weighted by molar-refractivity contribution is 5.33. The van der Waals surface area contributed by atoms with Crippen molar-refractivity contribution in [2.24, 2.45) is 0 Å². The maximum atomic E-state index is 13.9. The molecule has 0 aliphatic carbocycles. The van der Waals surface area contributed by atoms with E-state index in [1.54, 1.807) is 13.2 Å². The lowest BCUT2D eigenvalue weighted by Crippen LogP contribution is -2.21. The Bertz CT molecular complexity index is 570. The molecule has 0 saturated heterocycles. The normalized spacial score (nSPS) is 12.4. The molecule has 1 aromatic carbocycles. The van der Waals surface area contributed by atoms with Crippen molar-refractivity contribution >= 4 is 0 Å². The molecule has 0 bridgehead atoms. The molecule has 0 radical (unpaired) electrons. The first-order valence-electron chi connectivity index (χ1n) is 6.23. The second-order valence-corrected chi connectivity index (χ2v) is 4.29. The van der Waals surface area contributed by atoms with Crippen LogP contribution in [0.15, 0.2) is 36.5 Å². The number of nitrogens with zero attached hydrogens (tertiary/aromatic N) is 1. The summed E-state index contributed by atoms with van der Waals surface area (Å²) < 4.78 is 26.9. The van der Waals surface area contributed by atoms with Gasteiger partial charge in [0.15, 0.2) is 0 Å². The lowest BCUT2D eigenvalue weighted by molar-refractivity contribution is 0.547. The summed E-state index contributed by atoms with van der Waals surface area (Å²) in [6.45, 7) is 2.02. The quantitative estimate of drug-likeness (QED) is 0.915. The van der Waals surface area contributed by atoms with Crippen LogP contribution in [-0.4, -0.2) is 12.0 Å². The van der Waals surface area contributed by atoms with Gasteiger partial charge >= 0.3 is 0 Å². The molecule has 1 heterocycles. The van der Waals surface area contributed by atoms with Gasteiger partial charge in [-0.1, -0.05) is 19.1 Å². The molecule has 2 aromatic rings. The number of pyridine rings is 1. The van der Waals surface area contributed by atoms with Crippen molar-refractivity contribution in [2.45, 2.75) is 19.4 Å². The third-order valence-corrected chi connectivity index (χ3v) is 3.14. The molecular weight excluding hydrogens is 246 g/mol. The fourth-order valence-corrected chi connectivity index (χ4v) is 2.18. The lowest BCUT2D eigenvalue weighted by atomic mass is 9.98. The fraction of sp³-hybridized carbons (Fsp3) is 0.267. The number of benzene rings is 1. The average molecular weight is 262 g/mol. The summed E-state index contributed by atoms with van der Waals surface area (Å²) in [6.07, 6.45) is 2.49. The molecule has 2 rings (SSSR count). The SMILES string of the molecule is CCc1cccnc1C(NC)c1ccc(F)cc1F. The van der Waals surface area contributed by atoms with Crippen LogP contribution in [0.3, 0.4) is 0 Å². The van der Waals surface area contributed by atoms with E-state index in [4.69, 9.17) is 0 Å². The van der Waals surface area contributed by atoms with E-state index in [0.29, 0.717) is 5.56 Å². The van der Waals surface area contributed by atoms with Crippen LogP contribution in [0.1, 0.15) is 29.8 Å². The van der Waals surface area contributed by atoms with Gasteiger partial charge in [-0.15, -0.1) is 0 Å². The largest absolute Gasteiger partial charge is 0.308 e. The van der Waals surface area contributed by atoms with Crippen molar-refractivity contribution in [2.75, 3.05) is 7.05 Å². The highest BCUT2D eigenvalue weighted by atomic mass is 19.1. The molecule has 0 amide bonds. The van der Waals surface area contributed by atoms with Crippen molar-refractivity contribution < 1.29 is 8.78 Å². The molecule has 0 aliphatic heterocycles. The van der Waals surface area contributed by atoms with Crippen LogP contribution in [-0.2, 0) is 6.42 Å². The number of hydrogen-bond donors (Lipinski definition) is 1. The van der Waals surface area contributed by atoms with E-state index in [1.807, 2.05) is 19.1 Å². The Balaban J connectivity index is 2.50. The van der Waals surface area contributed by atoms with Crippen LogP contribution in [0, 0.1) is 11.6 Å². The minimum absolute atomic E-state index is 0.378. The van der Waals surface area contributed by atoms with Crippen molar-refractivity contribution in [1.29, 1.82) is 0 Å². The van der Waals surface area contributed by atoms with Crippen molar-refractivity contribution in [3.8, 4) is 0 Å². The lowest BCUT2D eigenvalue weighted by Gasteiger charge is -2.19. The molecule has 1 unspecified atom stereocenters. The van der Waals surface area contributed by atoms with Crippen LogP contribution >= 0.6 is 0 Å². The Morgan fingerprint density at radius 3 is 2.68 bits per heavy atom. The van der Waals surface area contributed by atoms with Crippen LogP contribution in [0.2, 0.25) is 0 Å². The van der Waals surface area contributed by atoms with E-state index in [9.17, 15) is 8.78 Å². The average Bonchev–Trinajstić information content (AvgIpc) is 2.42. The Morgan fingerprint density at radius 2 is 2.05 bits per heavy atom. The number of nitrogens with one attached hydrogen (secondary N) is 1. The van der Waals surface area contributed by atoms with Gasteiger partial charge in [-0.05, 0) is 31.2 Å². The zero-order valence-corrected chi connectivity index (χ0v) is 11.0. The van der Waals surface area contributed by atoms with Gasteiger partial charge in [-0.25, -0.2) is 8.78 Å². The van der Waals surface area contributed by atoms with Gasteiger partial charge in [0.1, 0.15) is 11.6 Å². The predicted molar refractivity (Wildman–Crippen MR) is 70.9 cm³/mol. The summed E-state index contributed by atoms with van der Waals surface area (Å²) >= 11 is 0. The third kappa shape index (κ3) is 2.79. The zero-order chi connectivity index (χ0) is 13.8. The molecule has 0 saturated carbocycles. The standard InChI is InChI=1S/C15H16F2N2/c1-3-10-5-4-8-19-14(10)15(18-2)12-7-6-11(16)9-13(12)17/h4-9,15,18H,3H2,1-2H3. The first kappa shape index (κ1) is 13.6. The molecule has 0 fully saturated rings. The van der Waals surface area contributed by atoms with Gasteiger partial charge < -0.3 is 5.32 Å². The minimum atomic E-state index is -0.576. The van der Waals surface area contributed by atoms with Crippen molar-refractivity contribution in [3.05, 3.63) is 65.0 Å². The number of halogens is 2. The molecule has 0 spiro atoms. The second-order valence-electron chi connectivity index (χ2n) is 4.29. The summed E-state index contributed by atoms with van der Waals surface area (Å²) in [5, 5.41) is 3.04. The molecule has 100 valence electrons. The van der Waals surface area contributed by atoms with E-state index in [0.717, 1.165) is 23.7 Å². The van der Waals surface area contributed by atoms with Gasteiger partial charge in [-0.2, -0.15) is 0 Å². The zero-order valence-electron chi connectivity index (χ0n) is 11.0. The highest BCUT2D eigenvalue weighted by Crippen LogP contribution is 2.25. The Morgan fingerprint density at radius 1 is 1.26 bits per heavy atom. The van der Waals surface area contributed by atoms with Gasteiger partial charge in [0, 0.05) is 17.8 Å². The first-order chi connectivity index (χ1) is 9.17. The van der Waals surface area contributed by atoms with Crippen LogP contribution in [0.4, 0.5) is 8.78 Å². The van der Waals surface area contributed by atoms with E-state index >= 15 is 0 Å². The number of hydrogen-bond acceptors (Lipinski definition) is 2. The molecule has 0 aliphatic rings. The monoisotopic (exact) mass is 262 g/mol. The van der Waals surface area contributed by atoms with Gasteiger partial charge in [-0.3, -0.25) is 4.98 Å². The summed E-state index contributed by atoms with van der Waals surface area (Å²) in [6, 6.07) is 7.06. The molecule has 4 heteroatoms. The molecule has 19 heavy (non-hydrogen) atoms. The second kappa shape index (κ2) is 5.89. The summed E-state index contributed by atoms with van der Waals surface area (Å²) in [4.78, 5) is 4.34. The van der Waals surface area contributed by atoms with Crippen LogP contribution in [0.5, 0.6) is 0 Å². The molecule has 2 nitrogen and oxygen atoms in total. The summed E-state index contributed by atoms with van der Waals surface area (Å²) in [5.41, 5.74) is 2.22. The maximum absolute atomic E-state index is 13.9. The maximum Gasteiger partial charge on any atom is 0.131 e. The third-order valence-electron chi connectivity index (χ3n) is 3.14. The van der Waals surface area contributed by atoms with E-state index in [1.165, 1.54) is 12.1 Å². The molecule has 1 atom stereocenters. The fourth-order valence-electron chi connectivity index (χ4n) is 2.18. The number of rotatable bonds is 4. The number of aryl methyl sites for hydroxylation is 1. The molecule has 1 aromatic heterocycles. The van der Waals surface area contributed by atoms with Crippen LogP contribution in [0.25, 0.3) is 0 Å². The predicted octanol–water partition coefficient (Wildman–Crippen LogP) is 3.23. The smallest absolute Gasteiger partial charge is 0.131 e. The van der Waals surface area contributed by atoms with Crippen molar-refractivity contribution in [1.82, 2.24) is 10.3 Å². The Kier molecular flexibility index (Phi) is 4.22. The summed E-state index contributed by atoms with van der Waals surface area (Å²) in [5.74, 6) is -1.14. The highest BCUT2D eigenvalue weighted by Gasteiger charge is 2.20. The Labute approximate surface area is 111 Å². The van der Waals surface area contributed by atoms with E-state index < -0.39 is 11.6 Å². The van der Waals surface area contributed by atoms with Crippen molar-refractivity contribution in [3.63, 3.8) is 0 Å². The number of aromatic nitrogens is 1. The van der Waals surface area contributed by atoms with Gasteiger partial charge in [0.2, 0.25) is 0 Å². The van der Waals surface area contributed by atoms with Gasteiger partial charge in [0.25, 0.3) is 0 Å². The minimum Gasteiger partial charge on any atom is -0.308 e. The topological polar surface area (TPSA) is 24.9 Å². The Hall–Kier alpha value is -1.81. The molecule has 1 N–H and O–H groups in total. The van der Waals surface area contributed by atoms with Gasteiger partial charge in [0.05, 0.1) is 11.7 Å². The molecular formula is C15H16F2N2. The van der Waals surface area contributed by atoms with E-state index in [-0.39, 0.29) is 6.04 Å². The first-order valence-corrected chi connectivity index (χ1v) is 6.23. The summed E-state index contributed by atoms with van der Waals surface area (Å²) in [7, 11) is 1.74. The van der Waals surface area contributed by atoms with Crippen LogP contribution < -0.4 is 5.32 Å². The van der Waals surface area contributed by atoms with E-state index in [2.05, 4.69) is 10.3 Å².